The van der Waals surface area contributed by atoms with E-state index in [1.165, 1.54) is 32.3 Å². The molecule has 0 aliphatic carbocycles. The zero-order valence-corrected chi connectivity index (χ0v) is 26.1. The molecule has 0 aliphatic heterocycles. The smallest absolute Gasteiger partial charge is 0.0656 e. The third-order valence-corrected chi connectivity index (χ3v) is 9.27. The molecule has 8 rings (SSSR count). The zero-order chi connectivity index (χ0) is 30.2. The van der Waals surface area contributed by atoms with Crippen molar-refractivity contribution in [1.82, 2.24) is 0 Å². The lowest BCUT2D eigenvalue weighted by Gasteiger charge is -2.32. The maximum absolute atomic E-state index is 4.17. The van der Waals surface area contributed by atoms with Gasteiger partial charge in [0.25, 0.3) is 0 Å². The number of halogens is 1. The molecule has 0 aliphatic rings. The lowest BCUT2D eigenvalue weighted by Crippen LogP contribution is -2.15. The molecule has 2 nitrogen and oxygen atoms in total. The van der Waals surface area contributed by atoms with Crippen molar-refractivity contribution in [1.29, 1.82) is 0 Å². The molecule has 45 heavy (non-hydrogen) atoms. The zero-order valence-electron chi connectivity index (χ0n) is 24.5. The molecular formula is C42H29BrN2. The monoisotopic (exact) mass is 640 g/mol. The van der Waals surface area contributed by atoms with E-state index in [0.29, 0.717) is 0 Å². The summed E-state index contributed by atoms with van der Waals surface area (Å²) in [4.78, 5) is 4.74. The van der Waals surface area contributed by atoms with Crippen LogP contribution in [-0.2, 0) is 0 Å². The molecule has 214 valence electrons. The molecule has 0 bridgehead atoms. The van der Waals surface area contributed by atoms with Crippen LogP contribution < -0.4 is 9.80 Å². The van der Waals surface area contributed by atoms with Crippen LogP contribution in [0.25, 0.3) is 32.3 Å². The second-order valence-corrected chi connectivity index (χ2v) is 11.9. The van der Waals surface area contributed by atoms with Crippen LogP contribution in [0.3, 0.4) is 0 Å². The number of hydrogen-bond acceptors (Lipinski definition) is 2. The minimum atomic E-state index is 1.00. The van der Waals surface area contributed by atoms with Crippen molar-refractivity contribution < 1.29 is 0 Å². The Hall–Kier alpha value is -5.38. The van der Waals surface area contributed by atoms with E-state index < -0.39 is 0 Å². The maximum atomic E-state index is 4.17. The average molecular weight is 642 g/mol. The van der Waals surface area contributed by atoms with Gasteiger partial charge in [-0.3, -0.25) is 0 Å². The second kappa shape index (κ2) is 11.6. The standard InChI is InChI=1S/C42H29BrN2/c43-42-40(44(34-19-2-1-3-20-34)38-23-10-17-31-14-6-8-21-36(31)38)25-12-26-41(42)45(35-28-27-30-13-4-5-16-33(30)29-35)39-24-11-18-32-15-7-9-22-37(32)39/h1-29H. The van der Waals surface area contributed by atoms with Crippen molar-refractivity contribution in [3.05, 3.63) is 180 Å². The normalized spacial score (nSPS) is 11.2. The minimum Gasteiger partial charge on any atom is -0.309 e. The Kier molecular flexibility index (Phi) is 7.01. The van der Waals surface area contributed by atoms with Gasteiger partial charge in [0.15, 0.2) is 0 Å². The topological polar surface area (TPSA) is 6.48 Å². The highest BCUT2D eigenvalue weighted by Crippen LogP contribution is 2.49. The van der Waals surface area contributed by atoms with E-state index in [2.05, 4.69) is 202 Å². The number of benzene rings is 8. The fourth-order valence-electron chi connectivity index (χ4n) is 6.37. The van der Waals surface area contributed by atoms with E-state index in [-0.39, 0.29) is 0 Å². The summed E-state index contributed by atoms with van der Waals surface area (Å²) in [5.74, 6) is 0. The lowest BCUT2D eigenvalue weighted by atomic mass is 10.0. The van der Waals surface area contributed by atoms with Crippen molar-refractivity contribution in [3.8, 4) is 0 Å². The fraction of sp³-hybridized carbons (Fsp3) is 0. The number of nitrogens with zero attached hydrogens (tertiary/aromatic N) is 2. The largest absolute Gasteiger partial charge is 0.309 e. The molecule has 0 spiro atoms. The summed E-state index contributed by atoms with van der Waals surface area (Å²) in [6.45, 7) is 0. The Labute approximate surface area is 271 Å². The number of anilines is 6. The molecule has 3 heteroatoms. The molecule has 0 amide bonds. The molecule has 8 aromatic carbocycles. The summed E-state index contributed by atoms with van der Waals surface area (Å²) in [5, 5.41) is 7.22. The molecule has 0 atom stereocenters. The Morgan fingerprint density at radius 2 is 0.756 bits per heavy atom. The van der Waals surface area contributed by atoms with Gasteiger partial charge in [0.2, 0.25) is 0 Å². The molecule has 0 saturated carbocycles. The maximum Gasteiger partial charge on any atom is 0.0656 e. The lowest BCUT2D eigenvalue weighted by molar-refractivity contribution is 1.25. The predicted octanol–water partition coefficient (Wildman–Crippen LogP) is 12.8. The minimum absolute atomic E-state index is 1.00. The van der Waals surface area contributed by atoms with Gasteiger partial charge in [-0.1, -0.05) is 127 Å². The van der Waals surface area contributed by atoms with Gasteiger partial charge >= 0.3 is 0 Å². The number of para-hydroxylation sites is 1. The fourth-order valence-corrected chi connectivity index (χ4v) is 6.99. The van der Waals surface area contributed by atoms with E-state index in [0.717, 1.165) is 38.6 Å². The van der Waals surface area contributed by atoms with Crippen LogP contribution in [-0.4, -0.2) is 0 Å². The molecule has 0 N–H and O–H groups in total. The highest BCUT2D eigenvalue weighted by molar-refractivity contribution is 9.10. The average Bonchev–Trinajstić information content (AvgIpc) is 3.10. The third kappa shape index (κ3) is 4.92. The number of rotatable bonds is 6. The first-order valence-corrected chi connectivity index (χ1v) is 15.9. The number of fused-ring (bicyclic) bond motifs is 3. The van der Waals surface area contributed by atoms with E-state index in [1.807, 2.05) is 0 Å². The van der Waals surface area contributed by atoms with Gasteiger partial charge in [-0.05, 0) is 86.0 Å². The molecular weight excluding hydrogens is 612 g/mol. The van der Waals surface area contributed by atoms with Crippen LogP contribution in [0, 0.1) is 0 Å². The molecule has 0 unspecified atom stereocenters. The van der Waals surface area contributed by atoms with Gasteiger partial charge in [0.05, 0.1) is 27.2 Å². The molecule has 8 aromatic rings. The first-order valence-electron chi connectivity index (χ1n) is 15.1. The van der Waals surface area contributed by atoms with Crippen molar-refractivity contribution >= 4 is 82.4 Å². The van der Waals surface area contributed by atoms with E-state index in [4.69, 9.17) is 0 Å². The third-order valence-electron chi connectivity index (χ3n) is 8.46. The first kappa shape index (κ1) is 27.2. The molecule has 0 saturated heterocycles. The predicted molar refractivity (Wildman–Crippen MR) is 196 cm³/mol. The quantitative estimate of drug-likeness (QED) is 0.178. The van der Waals surface area contributed by atoms with Crippen LogP contribution in [0.15, 0.2) is 180 Å². The summed E-state index contributed by atoms with van der Waals surface area (Å²) in [6, 6.07) is 62.7. The highest BCUT2D eigenvalue weighted by atomic mass is 79.9. The van der Waals surface area contributed by atoms with Crippen LogP contribution in [0.1, 0.15) is 0 Å². The van der Waals surface area contributed by atoms with Crippen LogP contribution in [0.5, 0.6) is 0 Å². The Bertz CT molecular complexity index is 2300. The SMILES string of the molecule is Brc1c(N(c2ccccc2)c2cccc3ccccc23)cccc1N(c1ccc2ccccc2c1)c1cccc2ccccc12. The number of hydrogen-bond donors (Lipinski definition) is 0. The van der Waals surface area contributed by atoms with Gasteiger partial charge < -0.3 is 9.80 Å². The van der Waals surface area contributed by atoms with Crippen molar-refractivity contribution in [2.45, 2.75) is 0 Å². The summed E-state index contributed by atoms with van der Waals surface area (Å²) < 4.78 is 1.00. The molecule has 0 radical (unpaired) electrons. The summed E-state index contributed by atoms with van der Waals surface area (Å²) in [5.41, 5.74) is 6.55. The van der Waals surface area contributed by atoms with E-state index >= 15 is 0 Å². The van der Waals surface area contributed by atoms with Crippen LogP contribution >= 0.6 is 15.9 Å². The van der Waals surface area contributed by atoms with Crippen LogP contribution in [0.2, 0.25) is 0 Å². The summed E-state index contributed by atoms with van der Waals surface area (Å²) >= 11 is 4.17. The van der Waals surface area contributed by atoms with Gasteiger partial charge in [0.1, 0.15) is 0 Å². The molecule has 0 fully saturated rings. The van der Waals surface area contributed by atoms with Crippen molar-refractivity contribution in [2.24, 2.45) is 0 Å². The van der Waals surface area contributed by atoms with Crippen LogP contribution in [0.4, 0.5) is 34.1 Å². The van der Waals surface area contributed by atoms with Gasteiger partial charge in [-0.25, -0.2) is 0 Å². The van der Waals surface area contributed by atoms with E-state index in [1.54, 1.807) is 0 Å². The van der Waals surface area contributed by atoms with Gasteiger partial charge in [0, 0.05) is 22.1 Å². The van der Waals surface area contributed by atoms with E-state index in [9.17, 15) is 0 Å². The Morgan fingerprint density at radius 1 is 0.311 bits per heavy atom. The van der Waals surface area contributed by atoms with Gasteiger partial charge in [-0.15, -0.1) is 0 Å². The summed E-state index contributed by atoms with van der Waals surface area (Å²) in [6.07, 6.45) is 0. The van der Waals surface area contributed by atoms with Crippen molar-refractivity contribution in [3.63, 3.8) is 0 Å². The van der Waals surface area contributed by atoms with Gasteiger partial charge in [-0.2, -0.15) is 0 Å². The summed E-state index contributed by atoms with van der Waals surface area (Å²) in [7, 11) is 0. The second-order valence-electron chi connectivity index (χ2n) is 11.1. The van der Waals surface area contributed by atoms with Crippen molar-refractivity contribution in [2.75, 3.05) is 9.80 Å². The Balaban J connectivity index is 1.40. The first-order chi connectivity index (χ1) is 22.3. The molecule has 0 heterocycles. The Morgan fingerprint density at radius 3 is 1.38 bits per heavy atom. The highest BCUT2D eigenvalue weighted by Gasteiger charge is 2.23. The molecule has 0 aromatic heterocycles.